The Labute approximate surface area is 174 Å². The first-order valence-electron chi connectivity index (χ1n) is 9.02. The summed E-state index contributed by atoms with van der Waals surface area (Å²) in [5.74, 6) is -1.44. The molecule has 0 aliphatic rings. The van der Waals surface area contributed by atoms with E-state index in [2.05, 4.69) is 10.4 Å². The van der Waals surface area contributed by atoms with Crippen molar-refractivity contribution < 1.29 is 22.8 Å². The molecule has 0 aliphatic carbocycles. The number of carbonyl (C=O) groups excluding carboxylic acids is 2. The Hall–Kier alpha value is -3.95. The van der Waals surface area contributed by atoms with Gasteiger partial charge in [-0.2, -0.15) is 18.3 Å². The van der Waals surface area contributed by atoms with Gasteiger partial charge in [0.05, 0.1) is 11.3 Å². The smallest absolute Gasteiger partial charge is 0.366 e. The second kappa shape index (κ2) is 8.42. The first kappa shape index (κ1) is 21.8. The summed E-state index contributed by atoms with van der Waals surface area (Å²) in [6.45, 7) is 1.48. The molecule has 2 aromatic carbocycles. The molecular weight excluding hydrogens is 413 g/mol. The van der Waals surface area contributed by atoms with Gasteiger partial charge in [-0.15, -0.1) is 0 Å². The number of carbonyl (C=O) groups is 2. The molecule has 31 heavy (non-hydrogen) atoms. The zero-order valence-corrected chi connectivity index (χ0v) is 16.2. The molecule has 0 saturated heterocycles. The molecule has 0 fully saturated rings. The fourth-order valence-electron chi connectivity index (χ4n) is 2.88. The van der Waals surface area contributed by atoms with Gasteiger partial charge in [0.25, 0.3) is 5.91 Å². The van der Waals surface area contributed by atoms with Crippen LogP contribution in [0.5, 0.6) is 0 Å². The van der Waals surface area contributed by atoms with Crippen molar-refractivity contribution in [2.75, 3.05) is 0 Å². The normalized spacial score (nSPS) is 11.2. The first-order chi connectivity index (χ1) is 14.6. The third kappa shape index (κ3) is 4.97. The van der Waals surface area contributed by atoms with Gasteiger partial charge in [0.1, 0.15) is 0 Å². The maximum absolute atomic E-state index is 13.0. The van der Waals surface area contributed by atoms with Crippen molar-refractivity contribution in [3.8, 4) is 5.69 Å². The van der Waals surface area contributed by atoms with Gasteiger partial charge in [-0.05, 0) is 42.8 Å². The van der Waals surface area contributed by atoms with E-state index >= 15 is 0 Å². The van der Waals surface area contributed by atoms with E-state index in [-0.39, 0.29) is 23.5 Å². The number of nitrogens with zero attached hydrogens (tertiary/aromatic N) is 2. The number of aromatic nitrogens is 2. The highest BCUT2D eigenvalue weighted by molar-refractivity contribution is 5.93. The van der Waals surface area contributed by atoms with Crippen LogP contribution in [0.3, 0.4) is 0 Å². The van der Waals surface area contributed by atoms with E-state index in [1.165, 1.54) is 31.2 Å². The lowest BCUT2D eigenvalue weighted by molar-refractivity contribution is -0.137. The minimum Gasteiger partial charge on any atom is -0.366 e. The average Bonchev–Trinajstić information content (AvgIpc) is 2.72. The predicted octanol–water partition coefficient (Wildman–Crippen LogP) is 2.59. The number of halogens is 3. The highest BCUT2D eigenvalue weighted by atomic mass is 19.4. The van der Waals surface area contributed by atoms with Crippen molar-refractivity contribution in [3.05, 3.63) is 92.9 Å². The zero-order chi connectivity index (χ0) is 22.8. The van der Waals surface area contributed by atoms with E-state index in [1.54, 1.807) is 12.1 Å². The first-order valence-corrected chi connectivity index (χ1v) is 9.02. The lowest BCUT2D eigenvalue weighted by atomic mass is 10.1. The molecule has 1 aromatic heterocycles. The van der Waals surface area contributed by atoms with E-state index in [0.29, 0.717) is 5.56 Å². The SMILES string of the molecule is Cc1cc(=O)c(C(=O)NCc2cccc(C(N)=O)c2)nn1-c1cccc(C(F)(F)F)c1. The van der Waals surface area contributed by atoms with E-state index in [1.807, 2.05) is 0 Å². The van der Waals surface area contributed by atoms with Crippen LogP contribution in [0, 0.1) is 6.92 Å². The largest absolute Gasteiger partial charge is 0.416 e. The van der Waals surface area contributed by atoms with Crippen LogP contribution in [0.1, 0.15) is 37.7 Å². The molecule has 0 spiro atoms. The standard InChI is InChI=1S/C21H17F3N4O3/c1-12-8-17(29)18(20(31)26-11-13-4-2-5-14(9-13)19(25)30)27-28(12)16-7-3-6-15(10-16)21(22,23)24/h2-10H,11H2,1H3,(H2,25,30)(H,26,31). The number of nitrogens with one attached hydrogen (secondary N) is 1. The Morgan fingerprint density at radius 1 is 1.10 bits per heavy atom. The van der Waals surface area contributed by atoms with Crippen molar-refractivity contribution >= 4 is 11.8 Å². The molecule has 3 rings (SSSR count). The van der Waals surface area contributed by atoms with E-state index < -0.39 is 34.7 Å². The van der Waals surface area contributed by atoms with Crippen LogP contribution in [0.15, 0.2) is 59.4 Å². The van der Waals surface area contributed by atoms with E-state index in [4.69, 9.17) is 5.73 Å². The summed E-state index contributed by atoms with van der Waals surface area (Å²) in [6, 6.07) is 11.8. The Morgan fingerprint density at radius 3 is 2.48 bits per heavy atom. The maximum atomic E-state index is 13.0. The molecule has 0 aliphatic heterocycles. The minimum absolute atomic E-state index is 0.0154. The molecule has 3 N–H and O–H groups in total. The molecule has 0 saturated carbocycles. The predicted molar refractivity (Wildman–Crippen MR) is 106 cm³/mol. The Bertz CT molecular complexity index is 1220. The topological polar surface area (TPSA) is 107 Å². The molecule has 10 heteroatoms. The molecule has 0 radical (unpaired) electrons. The second-order valence-corrected chi connectivity index (χ2v) is 6.71. The average molecular weight is 430 g/mol. The van der Waals surface area contributed by atoms with Crippen LogP contribution in [-0.2, 0) is 12.7 Å². The van der Waals surface area contributed by atoms with Gasteiger partial charge in [0.2, 0.25) is 11.3 Å². The third-order valence-electron chi connectivity index (χ3n) is 4.41. The number of rotatable bonds is 5. The number of benzene rings is 2. The summed E-state index contributed by atoms with van der Waals surface area (Å²) < 4.78 is 40.2. The van der Waals surface area contributed by atoms with Crippen LogP contribution in [0.25, 0.3) is 5.69 Å². The summed E-state index contributed by atoms with van der Waals surface area (Å²) in [7, 11) is 0. The Morgan fingerprint density at radius 2 is 1.81 bits per heavy atom. The minimum atomic E-state index is -4.55. The summed E-state index contributed by atoms with van der Waals surface area (Å²) >= 11 is 0. The zero-order valence-electron chi connectivity index (χ0n) is 16.2. The Kier molecular flexibility index (Phi) is 5.91. The molecule has 3 aromatic rings. The number of alkyl halides is 3. The molecular formula is C21H17F3N4O3. The fraction of sp³-hybridized carbons (Fsp3) is 0.143. The monoisotopic (exact) mass is 430 g/mol. The number of hydrogen-bond acceptors (Lipinski definition) is 4. The van der Waals surface area contributed by atoms with Crippen LogP contribution in [-0.4, -0.2) is 21.6 Å². The van der Waals surface area contributed by atoms with Gasteiger partial charge in [-0.1, -0.05) is 18.2 Å². The van der Waals surface area contributed by atoms with Crippen LogP contribution in [0.2, 0.25) is 0 Å². The van der Waals surface area contributed by atoms with Crippen LogP contribution in [0.4, 0.5) is 13.2 Å². The van der Waals surface area contributed by atoms with Crippen molar-refractivity contribution in [1.82, 2.24) is 15.1 Å². The highest BCUT2D eigenvalue weighted by Crippen LogP contribution is 2.30. The van der Waals surface area contributed by atoms with Crippen molar-refractivity contribution in [1.29, 1.82) is 0 Å². The molecule has 2 amide bonds. The molecule has 0 atom stereocenters. The molecule has 7 nitrogen and oxygen atoms in total. The lowest BCUT2D eigenvalue weighted by Gasteiger charge is -2.13. The van der Waals surface area contributed by atoms with Gasteiger partial charge < -0.3 is 11.1 Å². The van der Waals surface area contributed by atoms with Crippen molar-refractivity contribution in [3.63, 3.8) is 0 Å². The van der Waals surface area contributed by atoms with Gasteiger partial charge in [0, 0.05) is 23.9 Å². The van der Waals surface area contributed by atoms with Gasteiger partial charge in [0.15, 0.2) is 5.69 Å². The molecule has 160 valence electrons. The second-order valence-electron chi connectivity index (χ2n) is 6.71. The van der Waals surface area contributed by atoms with E-state index in [0.717, 1.165) is 22.9 Å². The maximum Gasteiger partial charge on any atom is 0.416 e. The molecule has 0 bridgehead atoms. The number of primary amides is 1. The van der Waals surface area contributed by atoms with Gasteiger partial charge in [-0.3, -0.25) is 14.4 Å². The quantitative estimate of drug-likeness (QED) is 0.649. The molecule has 1 heterocycles. The third-order valence-corrected chi connectivity index (χ3v) is 4.41. The number of amides is 2. The fourth-order valence-corrected chi connectivity index (χ4v) is 2.88. The van der Waals surface area contributed by atoms with Crippen LogP contribution >= 0.6 is 0 Å². The highest BCUT2D eigenvalue weighted by Gasteiger charge is 2.30. The van der Waals surface area contributed by atoms with Gasteiger partial charge in [-0.25, -0.2) is 4.68 Å². The lowest BCUT2D eigenvalue weighted by Crippen LogP contribution is -2.31. The number of nitrogens with two attached hydrogens (primary N) is 1. The van der Waals surface area contributed by atoms with Crippen molar-refractivity contribution in [2.24, 2.45) is 5.73 Å². The van der Waals surface area contributed by atoms with Crippen molar-refractivity contribution in [2.45, 2.75) is 19.6 Å². The van der Waals surface area contributed by atoms with Gasteiger partial charge >= 0.3 is 6.18 Å². The van der Waals surface area contributed by atoms with Crippen LogP contribution < -0.4 is 16.5 Å². The summed E-state index contributed by atoms with van der Waals surface area (Å²) in [4.78, 5) is 36.0. The Balaban J connectivity index is 1.89. The summed E-state index contributed by atoms with van der Waals surface area (Å²) in [6.07, 6.45) is -4.55. The molecule has 0 unspecified atom stereocenters. The summed E-state index contributed by atoms with van der Waals surface area (Å²) in [5, 5.41) is 6.48. The number of hydrogen-bond donors (Lipinski definition) is 2. The summed E-state index contributed by atoms with van der Waals surface area (Å²) in [5.41, 5.74) is 4.32. The number of aryl methyl sites for hydroxylation is 1. The van der Waals surface area contributed by atoms with E-state index in [9.17, 15) is 27.6 Å².